The molecule has 0 fully saturated rings. The van der Waals surface area contributed by atoms with Crippen molar-refractivity contribution in [3.8, 4) is 0 Å². The molecule has 10 nitrogen and oxygen atoms in total. The number of nitrogens with zero attached hydrogens (tertiary/aromatic N) is 3. The molecule has 2 amide bonds. The Morgan fingerprint density at radius 2 is 1.83 bits per heavy atom. The second kappa shape index (κ2) is 8.37. The highest BCUT2D eigenvalue weighted by Gasteiger charge is 2.40. The number of phosphoric ester groups is 1. The first-order valence-corrected chi connectivity index (χ1v) is 11.1. The van der Waals surface area contributed by atoms with Crippen LogP contribution < -0.4 is 9.80 Å². The molecule has 11 heteroatoms. The summed E-state index contributed by atoms with van der Waals surface area (Å²) in [5.41, 5.74) is 0.664. The lowest BCUT2D eigenvalue weighted by Crippen LogP contribution is -2.51. The number of aliphatic imine (C=N–C) groups is 1. The SMILES string of the molecule is CCOP(=O)(OCC)OC1=Nc2cccc3c2N(C1)C(=O)CN3C(=O)OC(C)(C)C. The van der Waals surface area contributed by atoms with Crippen LogP contribution in [0, 0.1) is 0 Å². The Balaban J connectivity index is 1.96. The van der Waals surface area contributed by atoms with Gasteiger partial charge < -0.3 is 9.26 Å². The van der Waals surface area contributed by atoms with E-state index < -0.39 is 19.5 Å². The molecular weight excluding hydrogens is 413 g/mol. The number of benzene rings is 1. The highest BCUT2D eigenvalue weighted by molar-refractivity contribution is 7.49. The van der Waals surface area contributed by atoms with E-state index in [1.54, 1.807) is 52.8 Å². The molecule has 1 aromatic carbocycles. The quantitative estimate of drug-likeness (QED) is 0.638. The number of hydrogen-bond acceptors (Lipinski definition) is 8. The van der Waals surface area contributed by atoms with Crippen LogP contribution in [-0.4, -0.2) is 49.8 Å². The van der Waals surface area contributed by atoms with Gasteiger partial charge >= 0.3 is 13.9 Å². The number of hydrogen-bond donors (Lipinski definition) is 0. The van der Waals surface area contributed by atoms with Crippen LogP contribution in [0.5, 0.6) is 0 Å². The largest absolute Gasteiger partial charge is 0.531 e. The molecule has 164 valence electrons. The molecule has 1 aromatic rings. The standard InChI is InChI=1S/C19H26N3O7P/c1-6-26-30(25,27-7-2)29-15-11-22-16(23)12-21(18(24)28-19(3,4)5)14-10-8-9-13(20-15)17(14)22/h8-10H,6-7,11-12H2,1-5H3. The van der Waals surface area contributed by atoms with E-state index in [2.05, 4.69) is 4.99 Å². The molecule has 0 N–H and O–H groups in total. The summed E-state index contributed by atoms with van der Waals surface area (Å²) in [6.07, 6.45) is -0.618. The van der Waals surface area contributed by atoms with E-state index in [1.165, 1.54) is 9.80 Å². The third-order valence-electron chi connectivity index (χ3n) is 4.09. The maximum atomic E-state index is 12.9. The Bertz CT molecular complexity index is 915. The molecule has 0 aliphatic carbocycles. The van der Waals surface area contributed by atoms with Crippen molar-refractivity contribution in [3.05, 3.63) is 18.2 Å². The van der Waals surface area contributed by atoms with Crippen LogP contribution in [-0.2, 0) is 27.7 Å². The molecule has 2 heterocycles. The second-order valence-corrected chi connectivity index (χ2v) is 9.16. The van der Waals surface area contributed by atoms with Crippen molar-refractivity contribution in [2.45, 2.75) is 40.2 Å². The van der Waals surface area contributed by atoms with E-state index in [1.807, 2.05) is 0 Å². The molecular formula is C19H26N3O7P. The fourth-order valence-electron chi connectivity index (χ4n) is 3.07. The zero-order chi connectivity index (χ0) is 22.1. The average Bonchev–Trinajstić information content (AvgIpc) is 2.63. The van der Waals surface area contributed by atoms with Crippen molar-refractivity contribution in [2.24, 2.45) is 4.99 Å². The summed E-state index contributed by atoms with van der Waals surface area (Å²) in [5.74, 6) is -0.316. The zero-order valence-electron chi connectivity index (χ0n) is 17.7. The minimum atomic E-state index is -3.85. The third-order valence-corrected chi connectivity index (χ3v) is 5.68. The number of phosphoric acid groups is 1. The molecule has 0 bridgehead atoms. The van der Waals surface area contributed by atoms with E-state index in [9.17, 15) is 14.2 Å². The van der Waals surface area contributed by atoms with Gasteiger partial charge in [0.15, 0.2) is 0 Å². The summed E-state index contributed by atoms with van der Waals surface area (Å²) in [6.45, 7) is 8.59. The summed E-state index contributed by atoms with van der Waals surface area (Å²) in [6, 6.07) is 5.10. The highest BCUT2D eigenvalue weighted by Crippen LogP contribution is 2.51. The molecule has 0 spiro atoms. The van der Waals surface area contributed by atoms with Crippen LogP contribution in [0.1, 0.15) is 34.6 Å². The smallest absolute Gasteiger partial charge is 0.443 e. The first kappa shape index (κ1) is 22.3. The first-order valence-electron chi connectivity index (χ1n) is 9.67. The van der Waals surface area contributed by atoms with E-state index >= 15 is 0 Å². The number of carbonyl (C=O) groups excluding carboxylic acids is 2. The van der Waals surface area contributed by atoms with Gasteiger partial charge in [-0.3, -0.25) is 23.6 Å². The summed E-state index contributed by atoms with van der Waals surface area (Å²) in [4.78, 5) is 32.6. The Labute approximate surface area is 175 Å². The van der Waals surface area contributed by atoms with Crippen molar-refractivity contribution < 1.29 is 32.5 Å². The van der Waals surface area contributed by atoms with Gasteiger partial charge in [0.05, 0.1) is 30.3 Å². The lowest BCUT2D eigenvalue weighted by molar-refractivity contribution is -0.117. The average molecular weight is 439 g/mol. The second-order valence-electron chi connectivity index (χ2n) is 7.57. The third kappa shape index (κ3) is 4.66. The van der Waals surface area contributed by atoms with Gasteiger partial charge in [-0.05, 0) is 46.8 Å². The van der Waals surface area contributed by atoms with Crippen molar-refractivity contribution in [1.29, 1.82) is 0 Å². The van der Waals surface area contributed by atoms with Crippen molar-refractivity contribution in [1.82, 2.24) is 0 Å². The number of anilines is 2. The predicted octanol–water partition coefficient (Wildman–Crippen LogP) is 4.02. The lowest BCUT2D eigenvalue weighted by atomic mass is 10.1. The van der Waals surface area contributed by atoms with Gasteiger partial charge in [0.25, 0.3) is 0 Å². The van der Waals surface area contributed by atoms with Crippen LogP contribution in [0.4, 0.5) is 21.9 Å². The molecule has 2 aliphatic rings. The summed E-state index contributed by atoms with van der Waals surface area (Å²) >= 11 is 0. The lowest BCUT2D eigenvalue weighted by Gasteiger charge is -2.39. The van der Waals surface area contributed by atoms with Crippen molar-refractivity contribution in [3.63, 3.8) is 0 Å². The highest BCUT2D eigenvalue weighted by atomic mass is 31.2. The molecule has 0 aromatic heterocycles. The van der Waals surface area contributed by atoms with Gasteiger partial charge in [-0.1, -0.05) is 6.07 Å². The monoisotopic (exact) mass is 439 g/mol. The number of rotatable bonds is 5. The molecule has 0 radical (unpaired) electrons. The Hall–Kier alpha value is -2.42. The van der Waals surface area contributed by atoms with Crippen LogP contribution in [0.25, 0.3) is 0 Å². The summed E-state index contributed by atoms with van der Waals surface area (Å²) < 4.78 is 33.9. The molecule has 0 saturated heterocycles. The van der Waals surface area contributed by atoms with E-state index in [0.29, 0.717) is 17.1 Å². The van der Waals surface area contributed by atoms with Gasteiger partial charge in [-0.2, -0.15) is 0 Å². The van der Waals surface area contributed by atoms with E-state index in [0.717, 1.165) is 0 Å². The fraction of sp³-hybridized carbons (Fsp3) is 0.526. The van der Waals surface area contributed by atoms with Gasteiger partial charge in [-0.15, -0.1) is 0 Å². The number of para-hydroxylation sites is 1. The van der Waals surface area contributed by atoms with Gasteiger partial charge in [0, 0.05) is 0 Å². The minimum Gasteiger partial charge on any atom is -0.443 e. The molecule has 30 heavy (non-hydrogen) atoms. The maximum Gasteiger partial charge on any atom is 0.531 e. The molecule has 3 rings (SSSR count). The predicted molar refractivity (Wildman–Crippen MR) is 111 cm³/mol. The Kier molecular flexibility index (Phi) is 6.21. The first-order chi connectivity index (χ1) is 14.1. The number of carbonyl (C=O) groups is 2. The summed E-state index contributed by atoms with van der Waals surface area (Å²) in [7, 11) is -3.85. The van der Waals surface area contributed by atoms with Crippen LogP contribution >= 0.6 is 7.82 Å². The van der Waals surface area contributed by atoms with Gasteiger partial charge in [-0.25, -0.2) is 14.4 Å². The topological polar surface area (TPSA) is 107 Å². The fourth-order valence-corrected chi connectivity index (χ4v) is 4.24. The maximum absolute atomic E-state index is 12.9. The van der Waals surface area contributed by atoms with Crippen LogP contribution in [0.2, 0.25) is 0 Å². The normalized spacial score (nSPS) is 16.2. The zero-order valence-corrected chi connectivity index (χ0v) is 18.6. The Morgan fingerprint density at radius 3 is 2.43 bits per heavy atom. The number of ether oxygens (including phenoxy) is 1. The van der Waals surface area contributed by atoms with Gasteiger partial charge in [0.2, 0.25) is 11.8 Å². The van der Waals surface area contributed by atoms with Gasteiger partial charge in [0.1, 0.15) is 18.7 Å². The van der Waals surface area contributed by atoms with Crippen LogP contribution in [0.3, 0.4) is 0 Å². The summed E-state index contributed by atoms with van der Waals surface area (Å²) in [5, 5.41) is 0. The minimum absolute atomic E-state index is 0.0314. The van der Waals surface area contributed by atoms with Crippen molar-refractivity contribution in [2.75, 3.05) is 36.1 Å². The van der Waals surface area contributed by atoms with E-state index in [-0.39, 0.29) is 38.1 Å². The molecule has 2 aliphatic heterocycles. The molecule has 0 saturated carbocycles. The number of amides is 2. The molecule has 0 atom stereocenters. The van der Waals surface area contributed by atoms with E-state index in [4.69, 9.17) is 18.3 Å². The Morgan fingerprint density at radius 1 is 1.17 bits per heavy atom. The molecule has 0 unspecified atom stereocenters. The van der Waals surface area contributed by atoms with Crippen molar-refractivity contribution >= 4 is 42.8 Å². The van der Waals surface area contributed by atoms with Crippen LogP contribution in [0.15, 0.2) is 23.2 Å².